The number of fused-ring (bicyclic) bond motifs is 3. The van der Waals surface area contributed by atoms with Gasteiger partial charge >= 0.3 is 18.2 Å². The summed E-state index contributed by atoms with van der Waals surface area (Å²) in [5, 5.41) is 8.13. The number of hydrogen-bond acceptors (Lipinski definition) is 8. The van der Waals surface area contributed by atoms with Crippen molar-refractivity contribution in [3.8, 4) is 16.9 Å². The van der Waals surface area contributed by atoms with E-state index >= 15 is 0 Å². The van der Waals surface area contributed by atoms with E-state index in [0.717, 1.165) is 27.8 Å². The molecule has 0 aromatic heterocycles. The Balaban J connectivity index is 1.33. The predicted molar refractivity (Wildman–Crippen MR) is 185 cm³/mol. The second-order valence-electron chi connectivity index (χ2n) is 14.0. The third kappa shape index (κ3) is 10.2. The van der Waals surface area contributed by atoms with Gasteiger partial charge in [0.2, 0.25) is 5.91 Å². The van der Waals surface area contributed by atoms with Gasteiger partial charge in [-0.3, -0.25) is 4.79 Å². The summed E-state index contributed by atoms with van der Waals surface area (Å²) in [5.41, 5.74) is 3.83. The predicted octanol–water partition coefficient (Wildman–Crippen LogP) is 5.74. The third-order valence-corrected chi connectivity index (χ3v) is 7.94. The molecule has 3 aromatic rings. The Morgan fingerprint density at radius 1 is 0.776 bits per heavy atom. The topological polar surface area (TPSA) is 141 Å². The lowest BCUT2D eigenvalue weighted by Crippen LogP contribution is -2.57. The number of nitrogens with one attached hydrogen (secondary N) is 3. The lowest BCUT2D eigenvalue weighted by atomic mass is 9.86. The number of carbonyl (C=O) groups is 4. The summed E-state index contributed by atoms with van der Waals surface area (Å²) in [7, 11) is 1.25. The Kier molecular flexibility index (Phi) is 11.9. The van der Waals surface area contributed by atoms with E-state index in [2.05, 4.69) is 28.1 Å². The van der Waals surface area contributed by atoms with Gasteiger partial charge < -0.3 is 34.9 Å². The highest BCUT2D eigenvalue weighted by atomic mass is 16.6. The normalized spacial score (nSPS) is 13.6. The minimum atomic E-state index is -1.02. The second-order valence-corrected chi connectivity index (χ2v) is 14.0. The van der Waals surface area contributed by atoms with Crippen LogP contribution in [0, 0.1) is 5.41 Å². The zero-order valence-corrected chi connectivity index (χ0v) is 29.3. The summed E-state index contributed by atoms with van der Waals surface area (Å²) in [5.74, 6) is -0.743. The van der Waals surface area contributed by atoms with E-state index in [9.17, 15) is 19.2 Å². The van der Waals surface area contributed by atoms with Gasteiger partial charge in [0.15, 0.2) is 0 Å². The molecule has 0 radical (unpaired) electrons. The molecule has 4 rings (SSSR count). The number of amides is 3. The highest BCUT2D eigenvalue weighted by Crippen LogP contribution is 2.44. The van der Waals surface area contributed by atoms with Crippen LogP contribution in [-0.2, 0) is 30.2 Å². The molecule has 1 aliphatic carbocycles. The molecule has 0 spiro atoms. The molecule has 262 valence electrons. The molecular weight excluding hydrogens is 626 g/mol. The van der Waals surface area contributed by atoms with Crippen LogP contribution in [0.2, 0.25) is 0 Å². The number of benzene rings is 3. The van der Waals surface area contributed by atoms with Crippen molar-refractivity contribution in [2.75, 3.05) is 26.9 Å². The fraction of sp³-hybridized carbons (Fsp3) is 0.421. The molecule has 0 saturated heterocycles. The third-order valence-electron chi connectivity index (χ3n) is 7.94. The summed E-state index contributed by atoms with van der Waals surface area (Å²) in [4.78, 5) is 51.3. The monoisotopic (exact) mass is 673 g/mol. The summed E-state index contributed by atoms with van der Waals surface area (Å²) in [6.45, 7) is 11.4. The highest BCUT2D eigenvalue weighted by Gasteiger charge is 2.36. The van der Waals surface area contributed by atoms with Crippen LogP contribution < -0.4 is 20.7 Å². The zero-order chi connectivity index (χ0) is 35.8. The first-order chi connectivity index (χ1) is 23.2. The average Bonchev–Trinajstić information content (AvgIpc) is 3.36. The molecule has 0 bridgehead atoms. The lowest BCUT2D eigenvalue weighted by molar-refractivity contribution is -0.145. The molecule has 3 aromatic carbocycles. The number of methoxy groups -OCH3 is 1. The van der Waals surface area contributed by atoms with Crippen molar-refractivity contribution < 1.29 is 38.1 Å². The first-order valence-corrected chi connectivity index (χ1v) is 16.3. The van der Waals surface area contributed by atoms with Gasteiger partial charge in [-0.15, -0.1) is 0 Å². The molecule has 49 heavy (non-hydrogen) atoms. The Labute approximate surface area is 288 Å². The number of rotatable bonds is 12. The quantitative estimate of drug-likeness (QED) is 0.126. The van der Waals surface area contributed by atoms with E-state index in [1.807, 2.05) is 57.2 Å². The summed E-state index contributed by atoms with van der Waals surface area (Å²) >= 11 is 0. The summed E-state index contributed by atoms with van der Waals surface area (Å²) < 4.78 is 21.6. The maximum absolute atomic E-state index is 13.6. The molecule has 11 heteroatoms. The Morgan fingerprint density at radius 3 is 1.92 bits per heavy atom. The number of hydrogen-bond donors (Lipinski definition) is 3. The Hall–Kier alpha value is -5.06. The van der Waals surface area contributed by atoms with E-state index in [1.165, 1.54) is 7.11 Å². The van der Waals surface area contributed by atoms with Gasteiger partial charge in [-0.05, 0) is 66.1 Å². The molecule has 3 amide bonds. The molecule has 0 aliphatic heterocycles. The van der Waals surface area contributed by atoms with Crippen LogP contribution >= 0.6 is 0 Å². The van der Waals surface area contributed by atoms with E-state index < -0.39 is 47.2 Å². The van der Waals surface area contributed by atoms with Crippen molar-refractivity contribution in [3.05, 3.63) is 89.5 Å². The molecule has 0 saturated carbocycles. The second kappa shape index (κ2) is 15.9. The van der Waals surface area contributed by atoms with Crippen LogP contribution in [0.3, 0.4) is 0 Å². The molecule has 11 nitrogen and oxygen atoms in total. The van der Waals surface area contributed by atoms with E-state index in [-0.39, 0.29) is 32.1 Å². The number of ether oxygens (including phenoxy) is 4. The largest absolute Gasteiger partial charge is 0.492 e. The minimum Gasteiger partial charge on any atom is -0.492 e. The van der Waals surface area contributed by atoms with Crippen molar-refractivity contribution >= 4 is 24.1 Å². The molecule has 2 atom stereocenters. The minimum absolute atomic E-state index is 0.100. The Bertz CT molecular complexity index is 1580. The van der Waals surface area contributed by atoms with Crippen molar-refractivity contribution in [3.63, 3.8) is 0 Å². The summed E-state index contributed by atoms with van der Waals surface area (Å²) in [6, 6.07) is 21.1. The SMILES string of the molecule is COC(=O)[C@H](Cc1ccc(OCCNC(=O)OC(C)(C)C)cc1)NC(=O)[C@@H](NC(=O)OCC1c2ccccc2-c2ccccc21)C(C)(C)C. The van der Waals surface area contributed by atoms with Gasteiger partial charge in [-0.25, -0.2) is 14.4 Å². The van der Waals surface area contributed by atoms with Gasteiger partial charge in [-0.2, -0.15) is 0 Å². The van der Waals surface area contributed by atoms with Crippen LogP contribution in [0.5, 0.6) is 5.75 Å². The molecule has 1 aliphatic rings. The molecule has 0 heterocycles. The van der Waals surface area contributed by atoms with Crippen LogP contribution in [0.25, 0.3) is 11.1 Å². The van der Waals surface area contributed by atoms with Crippen LogP contribution in [-0.4, -0.2) is 68.6 Å². The molecular formula is C38H47N3O8. The van der Waals surface area contributed by atoms with Crippen molar-refractivity contribution in [1.82, 2.24) is 16.0 Å². The number of alkyl carbamates (subject to hydrolysis) is 2. The Morgan fingerprint density at radius 2 is 1.37 bits per heavy atom. The van der Waals surface area contributed by atoms with Gasteiger partial charge in [0.25, 0.3) is 0 Å². The fourth-order valence-corrected chi connectivity index (χ4v) is 5.62. The molecule has 0 fully saturated rings. The lowest BCUT2D eigenvalue weighted by Gasteiger charge is -2.31. The first-order valence-electron chi connectivity index (χ1n) is 16.3. The maximum Gasteiger partial charge on any atom is 0.407 e. The summed E-state index contributed by atoms with van der Waals surface area (Å²) in [6.07, 6.45) is -1.12. The van der Waals surface area contributed by atoms with Gasteiger partial charge in [0, 0.05) is 12.3 Å². The molecule has 3 N–H and O–H groups in total. The highest BCUT2D eigenvalue weighted by molar-refractivity contribution is 5.90. The standard InChI is InChI=1S/C38H47N3O8/c1-37(2,3)32(41-36(45)48-23-30-28-14-10-8-12-26(28)27-13-9-11-15-29(27)30)33(42)40-31(34(43)46-7)22-24-16-18-25(19-17-24)47-21-20-39-35(44)49-38(4,5)6/h8-19,30-32H,20-23H2,1-7H3,(H,39,44)(H,40,42)(H,41,45)/t31-,32+/m0/s1. The van der Waals surface area contributed by atoms with E-state index in [1.54, 1.807) is 45.0 Å². The molecule has 0 unspecified atom stereocenters. The van der Waals surface area contributed by atoms with Gasteiger partial charge in [0.05, 0.1) is 13.7 Å². The fourth-order valence-electron chi connectivity index (χ4n) is 5.62. The van der Waals surface area contributed by atoms with Crippen LogP contribution in [0.15, 0.2) is 72.8 Å². The van der Waals surface area contributed by atoms with Crippen molar-refractivity contribution in [2.24, 2.45) is 5.41 Å². The van der Waals surface area contributed by atoms with E-state index in [0.29, 0.717) is 5.75 Å². The number of esters is 1. The van der Waals surface area contributed by atoms with Crippen LogP contribution in [0.4, 0.5) is 9.59 Å². The van der Waals surface area contributed by atoms with Gasteiger partial charge in [-0.1, -0.05) is 81.4 Å². The zero-order valence-electron chi connectivity index (χ0n) is 29.3. The van der Waals surface area contributed by atoms with Crippen molar-refractivity contribution in [1.29, 1.82) is 0 Å². The number of carbonyl (C=O) groups excluding carboxylic acids is 4. The van der Waals surface area contributed by atoms with Gasteiger partial charge in [0.1, 0.15) is 36.6 Å². The van der Waals surface area contributed by atoms with Crippen molar-refractivity contribution in [2.45, 2.75) is 71.6 Å². The van der Waals surface area contributed by atoms with Crippen LogP contribution in [0.1, 0.15) is 64.2 Å². The maximum atomic E-state index is 13.6. The first kappa shape index (κ1) is 36.8. The average molecular weight is 674 g/mol. The van der Waals surface area contributed by atoms with E-state index in [4.69, 9.17) is 18.9 Å². The smallest absolute Gasteiger partial charge is 0.407 e.